The number of hydrogen-bond acceptors (Lipinski definition) is 7. The van der Waals surface area contributed by atoms with Gasteiger partial charge in [0, 0.05) is 5.57 Å². The Labute approximate surface area is 179 Å². The molecule has 1 aliphatic rings. The van der Waals surface area contributed by atoms with Crippen LogP contribution in [0.3, 0.4) is 0 Å². The van der Waals surface area contributed by atoms with E-state index in [1.165, 1.54) is 6.92 Å². The van der Waals surface area contributed by atoms with E-state index >= 15 is 0 Å². The van der Waals surface area contributed by atoms with Crippen LogP contribution in [-0.4, -0.2) is 59.3 Å². The first-order valence-electron chi connectivity index (χ1n) is 9.56. The molecule has 0 radical (unpaired) electrons. The highest BCUT2D eigenvalue weighted by molar-refractivity contribution is 5.87. The summed E-state index contributed by atoms with van der Waals surface area (Å²) in [5.41, 5.74) is -6.12. The van der Waals surface area contributed by atoms with Crippen LogP contribution in [0.25, 0.3) is 0 Å². The topological polar surface area (TPSA) is 99.1 Å². The Morgan fingerprint density at radius 2 is 1.53 bits per heavy atom. The van der Waals surface area contributed by atoms with E-state index in [0.717, 1.165) is 0 Å². The summed E-state index contributed by atoms with van der Waals surface area (Å²) in [4.78, 5) is 35.0. The molecule has 0 bridgehead atoms. The molecular weight excluding hydrogens is 454 g/mol. The minimum Gasteiger partial charge on any atom is -0.459 e. The van der Waals surface area contributed by atoms with Gasteiger partial charge in [-0.15, -0.1) is 0 Å². The van der Waals surface area contributed by atoms with Crippen LogP contribution in [0.15, 0.2) is 12.2 Å². The third kappa shape index (κ3) is 6.84. The van der Waals surface area contributed by atoms with Crippen molar-refractivity contribution >= 4 is 17.9 Å². The quantitative estimate of drug-likeness (QED) is 0.247. The number of aliphatic hydroxyl groups is 1. The van der Waals surface area contributed by atoms with Crippen molar-refractivity contribution in [2.75, 3.05) is 6.61 Å². The van der Waals surface area contributed by atoms with Crippen LogP contribution in [0.4, 0.5) is 26.3 Å². The van der Waals surface area contributed by atoms with Crippen molar-refractivity contribution in [3.8, 4) is 0 Å². The summed E-state index contributed by atoms with van der Waals surface area (Å²) in [5.74, 6) is -3.83. The van der Waals surface area contributed by atoms with Crippen molar-refractivity contribution < 1.29 is 60.0 Å². The highest BCUT2D eigenvalue weighted by Crippen LogP contribution is 2.45. The Morgan fingerprint density at radius 1 is 1.03 bits per heavy atom. The Hall–Kier alpha value is -2.31. The molecule has 32 heavy (non-hydrogen) atoms. The second kappa shape index (κ2) is 10.1. The number of halogens is 6. The predicted molar refractivity (Wildman–Crippen MR) is 94.9 cm³/mol. The van der Waals surface area contributed by atoms with E-state index in [2.05, 4.69) is 11.3 Å². The van der Waals surface area contributed by atoms with E-state index in [1.807, 2.05) is 0 Å². The van der Waals surface area contributed by atoms with E-state index in [0.29, 0.717) is 19.3 Å². The molecule has 0 heterocycles. The number of carbonyl (C=O) groups excluding carboxylic acids is 3. The smallest absolute Gasteiger partial charge is 0.426 e. The van der Waals surface area contributed by atoms with Gasteiger partial charge in [-0.1, -0.05) is 13.5 Å². The molecule has 1 rings (SSSR count). The average Bonchev–Trinajstić information content (AvgIpc) is 2.66. The van der Waals surface area contributed by atoms with E-state index in [4.69, 9.17) is 14.6 Å². The predicted octanol–water partition coefficient (Wildman–Crippen LogP) is 3.53. The van der Waals surface area contributed by atoms with Gasteiger partial charge in [0.1, 0.15) is 11.7 Å². The second-order valence-corrected chi connectivity index (χ2v) is 7.59. The van der Waals surface area contributed by atoms with Gasteiger partial charge in [-0.2, -0.15) is 26.3 Å². The fourth-order valence-electron chi connectivity index (χ4n) is 3.05. The van der Waals surface area contributed by atoms with E-state index in [-0.39, 0.29) is 18.4 Å². The van der Waals surface area contributed by atoms with Crippen molar-refractivity contribution in [3.05, 3.63) is 12.2 Å². The number of carbonyl (C=O) groups is 3. The van der Waals surface area contributed by atoms with E-state index in [9.17, 15) is 40.7 Å². The van der Waals surface area contributed by atoms with Gasteiger partial charge in [-0.25, -0.2) is 9.59 Å². The van der Waals surface area contributed by atoms with Gasteiger partial charge in [0.15, 0.2) is 6.61 Å². The fourth-order valence-corrected chi connectivity index (χ4v) is 3.05. The van der Waals surface area contributed by atoms with Crippen LogP contribution in [0.2, 0.25) is 0 Å². The summed E-state index contributed by atoms with van der Waals surface area (Å²) in [6, 6.07) is 0. The van der Waals surface area contributed by atoms with Gasteiger partial charge in [-0.05, 0) is 39.0 Å². The zero-order chi connectivity index (χ0) is 25.0. The molecule has 13 heteroatoms. The van der Waals surface area contributed by atoms with E-state index in [1.54, 1.807) is 6.92 Å². The molecular formula is C19H24F6O7. The molecule has 184 valence electrons. The molecule has 0 aliphatic heterocycles. The molecule has 0 aromatic rings. The maximum Gasteiger partial charge on any atom is 0.426 e. The molecule has 0 aromatic heterocycles. The van der Waals surface area contributed by atoms with E-state index < -0.39 is 60.6 Å². The first-order valence-corrected chi connectivity index (χ1v) is 9.56. The first kappa shape index (κ1) is 27.7. The molecule has 0 spiro atoms. The number of ether oxygens (including phenoxy) is 3. The molecule has 0 amide bonds. The molecule has 0 aromatic carbocycles. The van der Waals surface area contributed by atoms with Crippen LogP contribution in [0.1, 0.15) is 52.4 Å². The Bertz CT molecular complexity index is 707. The second-order valence-electron chi connectivity index (χ2n) is 7.59. The van der Waals surface area contributed by atoms with Gasteiger partial charge in [0.2, 0.25) is 0 Å². The van der Waals surface area contributed by atoms with Crippen LogP contribution < -0.4 is 0 Å². The lowest BCUT2D eigenvalue weighted by Gasteiger charge is -2.38. The summed E-state index contributed by atoms with van der Waals surface area (Å²) in [7, 11) is 0. The van der Waals surface area contributed by atoms with Gasteiger partial charge in [-0.3, -0.25) is 4.79 Å². The van der Waals surface area contributed by atoms with Crippen molar-refractivity contribution in [1.29, 1.82) is 0 Å². The summed E-state index contributed by atoms with van der Waals surface area (Å²) >= 11 is 0. The summed E-state index contributed by atoms with van der Waals surface area (Å²) in [5, 5.41) is 8.97. The van der Waals surface area contributed by atoms with Crippen LogP contribution in [-0.2, 0) is 28.6 Å². The monoisotopic (exact) mass is 478 g/mol. The third-order valence-electron chi connectivity index (χ3n) is 5.13. The standard InChI is InChI=1S/C19H24F6O7/c1-4-16(7-5-12(6-8-16)31-15(28)11(2)3)32-14(27)10-30-13(26)9-17(29,18(20,21)22)19(23,24)25/h12,29H,2,4-10H2,1,3H3. The van der Waals surface area contributed by atoms with Crippen molar-refractivity contribution in [2.24, 2.45) is 0 Å². The zero-order valence-corrected chi connectivity index (χ0v) is 17.4. The maximum atomic E-state index is 12.6. The number of alkyl halides is 6. The summed E-state index contributed by atoms with van der Waals surface area (Å²) < 4.78 is 90.3. The molecule has 1 aliphatic carbocycles. The van der Waals surface area contributed by atoms with Gasteiger partial charge >= 0.3 is 30.3 Å². The van der Waals surface area contributed by atoms with Gasteiger partial charge in [0.25, 0.3) is 5.60 Å². The van der Waals surface area contributed by atoms with Crippen LogP contribution in [0, 0.1) is 0 Å². The lowest BCUT2D eigenvalue weighted by Crippen LogP contribution is -2.58. The lowest BCUT2D eigenvalue weighted by molar-refractivity contribution is -0.368. The number of esters is 3. The van der Waals surface area contributed by atoms with Crippen molar-refractivity contribution in [1.82, 2.24) is 0 Å². The molecule has 7 nitrogen and oxygen atoms in total. The third-order valence-corrected chi connectivity index (χ3v) is 5.13. The fraction of sp³-hybridized carbons (Fsp3) is 0.737. The number of hydrogen-bond donors (Lipinski definition) is 1. The van der Waals surface area contributed by atoms with Crippen molar-refractivity contribution in [3.63, 3.8) is 0 Å². The molecule has 0 saturated heterocycles. The normalized spacial score (nSPS) is 22.1. The Kier molecular flexibility index (Phi) is 8.74. The minimum absolute atomic E-state index is 0.216. The lowest BCUT2D eigenvalue weighted by atomic mass is 9.81. The first-order chi connectivity index (χ1) is 14.5. The zero-order valence-electron chi connectivity index (χ0n) is 17.4. The average molecular weight is 478 g/mol. The highest BCUT2D eigenvalue weighted by atomic mass is 19.4. The largest absolute Gasteiger partial charge is 0.459 e. The molecule has 1 N–H and O–H groups in total. The SMILES string of the molecule is C=C(C)C(=O)OC1CCC(CC)(OC(=O)COC(=O)CC(O)(C(F)(F)F)C(F)(F)F)CC1. The highest BCUT2D eigenvalue weighted by Gasteiger charge is 2.71. The molecule has 0 atom stereocenters. The summed E-state index contributed by atoms with van der Waals surface area (Å²) in [6.45, 7) is 5.39. The van der Waals surface area contributed by atoms with Gasteiger partial charge in [0.05, 0.1) is 6.42 Å². The van der Waals surface area contributed by atoms with Gasteiger partial charge < -0.3 is 19.3 Å². The Morgan fingerprint density at radius 3 is 1.94 bits per heavy atom. The molecule has 0 unspecified atom stereocenters. The van der Waals surface area contributed by atoms with Crippen molar-refractivity contribution in [2.45, 2.75) is 82.0 Å². The van der Waals surface area contributed by atoms with Crippen LogP contribution in [0.5, 0.6) is 0 Å². The minimum atomic E-state index is -6.19. The molecule has 1 fully saturated rings. The maximum absolute atomic E-state index is 12.6. The molecule has 1 saturated carbocycles. The number of rotatable bonds is 8. The Balaban J connectivity index is 2.63. The summed E-state index contributed by atoms with van der Waals surface area (Å²) in [6.07, 6.45) is -13.8. The van der Waals surface area contributed by atoms with Crippen LogP contribution >= 0.6 is 0 Å².